The minimum atomic E-state index is 0.00106. The van der Waals surface area contributed by atoms with Crippen LogP contribution in [0, 0.1) is 0 Å². The molecule has 1 atom stereocenters. The molecule has 15 heavy (non-hydrogen) atoms. The van der Waals surface area contributed by atoms with Crippen molar-refractivity contribution in [3.63, 3.8) is 0 Å². The second-order valence-corrected chi connectivity index (χ2v) is 4.06. The predicted molar refractivity (Wildman–Crippen MR) is 56.5 cm³/mol. The van der Waals surface area contributed by atoms with Crippen molar-refractivity contribution in [3.8, 4) is 0 Å². The van der Waals surface area contributed by atoms with E-state index in [1.165, 1.54) is 0 Å². The highest BCUT2D eigenvalue weighted by Gasteiger charge is 2.34. The Morgan fingerprint density at radius 2 is 2.47 bits per heavy atom. The van der Waals surface area contributed by atoms with E-state index >= 15 is 0 Å². The first-order valence-corrected chi connectivity index (χ1v) is 5.34. The van der Waals surface area contributed by atoms with Crippen molar-refractivity contribution in [2.45, 2.75) is 25.4 Å². The van der Waals surface area contributed by atoms with E-state index in [-0.39, 0.29) is 11.9 Å². The molecule has 4 heteroatoms. The summed E-state index contributed by atoms with van der Waals surface area (Å²) in [5.41, 5.74) is 1.12. The van der Waals surface area contributed by atoms with Gasteiger partial charge >= 0.3 is 0 Å². The SMILES string of the molecule is O=C1NCc2cccnc2N2CCC[C@@H]12. The van der Waals surface area contributed by atoms with Crippen LogP contribution < -0.4 is 10.2 Å². The fourth-order valence-electron chi connectivity index (χ4n) is 2.42. The molecule has 2 aliphatic rings. The molecule has 1 aromatic rings. The van der Waals surface area contributed by atoms with Crippen molar-refractivity contribution in [2.75, 3.05) is 11.4 Å². The maximum absolute atomic E-state index is 11.8. The van der Waals surface area contributed by atoms with Crippen LogP contribution in [-0.2, 0) is 11.3 Å². The van der Waals surface area contributed by atoms with E-state index in [1.54, 1.807) is 6.20 Å². The largest absolute Gasteiger partial charge is 0.350 e. The van der Waals surface area contributed by atoms with Gasteiger partial charge in [-0.05, 0) is 18.9 Å². The number of nitrogens with zero attached hydrogens (tertiary/aromatic N) is 2. The Morgan fingerprint density at radius 3 is 3.40 bits per heavy atom. The summed E-state index contributed by atoms with van der Waals surface area (Å²) in [5, 5.41) is 2.95. The lowest BCUT2D eigenvalue weighted by Crippen LogP contribution is -2.40. The molecule has 0 unspecified atom stereocenters. The van der Waals surface area contributed by atoms with Crippen LogP contribution in [0.25, 0.3) is 0 Å². The zero-order chi connectivity index (χ0) is 10.3. The highest BCUT2D eigenvalue weighted by molar-refractivity contribution is 5.87. The van der Waals surface area contributed by atoms with Crippen molar-refractivity contribution in [1.82, 2.24) is 10.3 Å². The summed E-state index contributed by atoms with van der Waals surface area (Å²) in [6, 6.07) is 3.95. The molecule has 0 saturated carbocycles. The van der Waals surface area contributed by atoms with Gasteiger partial charge in [0.15, 0.2) is 0 Å². The van der Waals surface area contributed by atoms with Crippen LogP contribution in [0.1, 0.15) is 18.4 Å². The summed E-state index contributed by atoms with van der Waals surface area (Å²) in [4.78, 5) is 18.3. The Hall–Kier alpha value is -1.58. The van der Waals surface area contributed by atoms with Crippen molar-refractivity contribution in [2.24, 2.45) is 0 Å². The number of hydrogen-bond acceptors (Lipinski definition) is 3. The molecule has 0 aromatic carbocycles. The third-order valence-corrected chi connectivity index (χ3v) is 3.15. The maximum Gasteiger partial charge on any atom is 0.243 e. The van der Waals surface area contributed by atoms with Gasteiger partial charge in [-0.25, -0.2) is 4.98 Å². The van der Waals surface area contributed by atoms with Crippen LogP contribution in [0.5, 0.6) is 0 Å². The van der Waals surface area contributed by atoms with E-state index in [2.05, 4.69) is 15.2 Å². The summed E-state index contributed by atoms with van der Waals surface area (Å²) in [7, 11) is 0. The first-order valence-electron chi connectivity index (χ1n) is 5.34. The molecule has 0 bridgehead atoms. The highest BCUT2D eigenvalue weighted by atomic mass is 16.2. The molecule has 0 radical (unpaired) electrons. The average molecular weight is 203 g/mol. The van der Waals surface area contributed by atoms with Crippen LogP contribution in [0.15, 0.2) is 18.3 Å². The first kappa shape index (κ1) is 8.71. The van der Waals surface area contributed by atoms with E-state index in [1.807, 2.05) is 12.1 Å². The van der Waals surface area contributed by atoms with E-state index in [9.17, 15) is 4.79 Å². The highest BCUT2D eigenvalue weighted by Crippen LogP contribution is 2.28. The number of rotatable bonds is 0. The zero-order valence-electron chi connectivity index (χ0n) is 8.44. The molecule has 3 rings (SSSR count). The zero-order valence-corrected chi connectivity index (χ0v) is 8.44. The summed E-state index contributed by atoms with van der Waals surface area (Å²) >= 11 is 0. The van der Waals surface area contributed by atoms with Gasteiger partial charge in [-0.15, -0.1) is 0 Å². The molecule has 1 N–H and O–H groups in total. The first-order chi connectivity index (χ1) is 7.36. The molecule has 3 heterocycles. The second kappa shape index (κ2) is 3.22. The van der Waals surface area contributed by atoms with E-state index in [0.29, 0.717) is 6.54 Å². The number of anilines is 1. The molecule has 78 valence electrons. The molecule has 1 fully saturated rings. The Balaban J connectivity index is 2.08. The van der Waals surface area contributed by atoms with Crippen LogP contribution in [0.4, 0.5) is 5.82 Å². The fraction of sp³-hybridized carbons (Fsp3) is 0.455. The Morgan fingerprint density at radius 1 is 1.53 bits per heavy atom. The van der Waals surface area contributed by atoms with E-state index < -0.39 is 0 Å². The van der Waals surface area contributed by atoms with Crippen molar-refractivity contribution in [3.05, 3.63) is 23.9 Å². The molecule has 0 aliphatic carbocycles. The van der Waals surface area contributed by atoms with Gasteiger partial charge in [0.1, 0.15) is 11.9 Å². The number of nitrogens with one attached hydrogen (secondary N) is 1. The number of pyridine rings is 1. The standard InChI is InChI=1S/C11H13N3O/c15-11-9-4-2-6-14(9)10-8(7-13-11)3-1-5-12-10/h1,3,5,9H,2,4,6-7H2,(H,13,15)/t9-/m0/s1. The minimum Gasteiger partial charge on any atom is -0.350 e. The normalized spacial score (nSPS) is 24.1. The molecule has 0 spiro atoms. The predicted octanol–water partition coefficient (Wildman–Crippen LogP) is 0.680. The van der Waals surface area contributed by atoms with Gasteiger partial charge in [-0.3, -0.25) is 4.79 Å². The number of hydrogen-bond donors (Lipinski definition) is 1. The van der Waals surface area contributed by atoms with Gasteiger partial charge in [0.2, 0.25) is 5.91 Å². The summed E-state index contributed by atoms with van der Waals surface area (Å²) in [6.45, 7) is 1.55. The minimum absolute atomic E-state index is 0.00106. The van der Waals surface area contributed by atoms with Gasteiger partial charge in [-0.1, -0.05) is 6.07 Å². The molecule has 4 nitrogen and oxygen atoms in total. The number of carbonyl (C=O) groups is 1. The van der Waals surface area contributed by atoms with Crippen LogP contribution in [-0.4, -0.2) is 23.5 Å². The molecule has 2 aliphatic heterocycles. The van der Waals surface area contributed by atoms with E-state index in [4.69, 9.17) is 0 Å². The summed E-state index contributed by atoms with van der Waals surface area (Å²) < 4.78 is 0. The van der Waals surface area contributed by atoms with Crippen LogP contribution in [0.3, 0.4) is 0 Å². The Bertz CT molecular complexity index is 405. The lowest BCUT2D eigenvalue weighted by atomic mass is 10.2. The number of amides is 1. The molecular formula is C11H13N3O. The second-order valence-electron chi connectivity index (χ2n) is 4.06. The van der Waals surface area contributed by atoms with Gasteiger partial charge < -0.3 is 10.2 Å². The van der Waals surface area contributed by atoms with Gasteiger partial charge in [0, 0.05) is 24.8 Å². The Kier molecular flexibility index (Phi) is 1.87. The smallest absolute Gasteiger partial charge is 0.243 e. The summed E-state index contributed by atoms with van der Waals surface area (Å²) in [6.07, 6.45) is 3.82. The third-order valence-electron chi connectivity index (χ3n) is 3.15. The van der Waals surface area contributed by atoms with Gasteiger partial charge in [-0.2, -0.15) is 0 Å². The topological polar surface area (TPSA) is 45.2 Å². The van der Waals surface area contributed by atoms with Gasteiger partial charge in [0.25, 0.3) is 0 Å². The third kappa shape index (κ3) is 1.28. The number of aromatic nitrogens is 1. The lowest BCUT2D eigenvalue weighted by molar-refractivity contribution is -0.122. The lowest BCUT2D eigenvalue weighted by Gasteiger charge is -2.22. The van der Waals surface area contributed by atoms with Crippen LogP contribution >= 0.6 is 0 Å². The Labute approximate surface area is 88.3 Å². The van der Waals surface area contributed by atoms with Crippen molar-refractivity contribution >= 4 is 11.7 Å². The average Bonchev–Trinajstić information content (AvgIpc) is 2.71. The summed E-state index contributed by atoms with van der Waals surface area (Å²) in [5.74, 6) is 1.13. The monoisotopic (exact) mass is 203 g/mol. The number of fused-ring (bicyclic) bond motifs is 3. The molecule has 1 aromatic heterocycles. The van der Waals surface area contributed by atoms with Crippen LogP contribution in [0.2, 0.25) is 0 Å². The number of carbonyl (C=O) groups excluding carboxylic acids is 1. The van der Waals surface area contributed by atoms with Crippen molar-refractivity contribution < 1.29 is 4.79 Å². The molecular weight excluding hydrogens is 190 g/mol. The maximum atomic E-state index is 11.8. The van der Waals surface area contributed by atoms with E-state index in [0.717, 1.165) is 30.8 Å². The van der Waals surface area contributed by atoms with Crippen molar-refractivity contribution in [1.29, 1.82) is 0 Å². The van der Waals surface area contributed by atoms with Gasteiger partial charge in [0.05, 0.1) is 0 Å². The fourth-order valence-corrected chi connectivity index (χ4v) is 2.42. The quantitative estimate of drug-likeness (QED) is 0.674. The molecule has 1 saturated heterocycles. The molecule has 1 amide bonds.